The molecule has 12 aromatic rings. The fraction of sp³-hybridized carbons (Fsp3) is 0. The number of para-hydroxylation sites is 1. The number of pyridine rings is 1. The first kappa shape index (κ1) is 34.7. The molecule has 60 heavy (non-hydrogen) atoms. The third-order valence-electron chi connectivity index (χ3n) is 11.5. The molecule has 280 valence electrons. The van der Waals surface area contributed by atoms with Gasteiger partial charge in [-0.05, 0) is 34.9 Å². The molecule has 0 radical (unpaired) electrons. The average molecular weight is 800 g/mol. The number of nitrogens with zero attached hydrogens (tertiary/aromatic N) is 3. The zero-order valence-electron chi connectivity index (χ0n) is 32.2. The second-order valence-electron chi connectivity index (χ2n) is 15.1. The molecule has 0 N–H and O–H groups in total. The smallest absolute Gasteiger partial charge is 0.160 e. The molecule has 4 heterocycles. The van der Waals surface area contributed by atoms with Crippen molar-refractivity contribution >= 4 is 73.9 Å². The molecule has 0 saturated carbocycles. The van der Waals surface area contributed by atoms with Gasteiger partial charge in [-0.1, -0.05) is 182 Å². The summed E-state index contributed by atoms with van der Waals surface area (Å²) in [6, 6.07) is 71.2. The summed E-state index contributed by atoms with van der Waals surface area (Å²) in [5, 5.41) is 6.32. The molecule has 0 aliphatic carbocycles. The van der Waals surface area contributed by atoms with E-state index in [1.807, 2.05) is 40.9 Å². The van der Waals surface area contributed by atoms with Gasteiger partial charge >= 0.3 is 0 Å². The van der Waals surface area contributed by atoms with E-state index in [1.165, 1.54) is 56.9 Å². The lowest BCUT2D eigenvalue weighted by Crippen LogP contribution is -1.96. The second-order valence-corrected chi connectivity index (χ2v) is 17.2. The van der Waals surface area contributed by atoms with Crippen molar-refractivity contribution in [3.63, 3.8) is 0 Å². The molecule has 0 spiro atoms. The summed E-state index contributed by atoms with van der Waals surface area (Å²) in [5.74, 6) is 0.697. The van der Waals surface area contributed by atoms with E-state index in [1.54, 1.807) is 0 Å². The Morgan fingerprint density at radius 3 is 1.52 bits per heavy atom. The number of aromatic nitrogens is 3. The van der Waals surface area contributed by atoms with Crippen LogP contribution in [0.4, 0.5) is 0 Å². The van der Waals surface area contributed by atoms with E-state index in [0.29, 0.717) is 5.82 Å². The lowest BCUT2D eigenvalue weighted by Gasteiger charge is -2.12. The molecule has 5 heteroatoms. The summed E-state index contributed by atoms with van der Waals surface area (Å²) in [6.07, 6.45) is 0. The molecule has 12 rings (SSSR count). The van der Waals surface area contributed by atoms with Gasteiger partial charge in [-0.2, -0.15) is 0 Å². The van der Waals surface area contributed by atoms with Gasteiger partial charge in [0, 0.05) is 68.8 Å². The van der Waals surface area contributed by atoms with Gasteiger partial charge in [0.15, 0.2) is 5.82 Å². The average Bonchev–Trinajstić information content (AvgIpc) is 3.91. The third-order valence-corrected chi connectivity index (χ3v) is 13.9. The van der Waals surface area contributed by atoms with Crippen molar-refractivity contribution < 1.29 is 0 Å². The van der Waals surface area contributed by atoms with Crippen molar-refractivity contribution in [2.24, 2.45) is 0 Å². The molecule has 0 atom stereocenters. The van der Waals surface area contributed by atoms with Crippen molar-refractivity contribution in [2.45, 2.75) is 0 Å². The van der Waals surface area contributed by atoms with Gasteiger partial charge in [0.1, 0.15) is 0 Å². The van der Waals surface area contributed by atoms with Gasteiger partial charge in [-0.25, -0.2) is 15.0 Å². The minimum Gasteiger partial charge on any atom is -0.246 e. The van der Waals surface area contributed by atoms with Crippen molar-refractivity contribution in [2.75, 3.05) is 0 Å². The third kappa shape index (κ3) is 5.82. The predicted octanol–water partition coefficient (Wildman–Crippen LogP) is 15.8. The predicted molar refractivity (Wildman–Crippen MR) is 256 cm³/mol. The Kier molecular flexibility index (Phi) is 8.22. The lowest BCUT2D eigenvalue weighted by atomic mass is 9.97. The monoisotopic (exact) mass is 799 g/mol. The number of hydrogen-bond acceptors (Lipinski definition) is 5. The SMILES string of the molecule is c1ccc(-c2nc(-c3ccc(-c4cccc5c4sc4ccccc45)cc3)cc(-c3ccc(-c4nc5c(-c6ccccc6)cccc5c5c4sc4ccccc45)cc3)n2)cc1. The highest BCUT2D eigenvalue weighted by Crippen LogP contribution is 2.45. The van der Waals surface area contributed by atoms with Crippen LogP contribution in [0.5, 0.6) is 0 Å². The summed E-state index contributed by atoms with van der Waals surface area (Å²) >= 11 is 3.68. The summed E-state index contributed by atoms with van der Waals surface area (Å²) in [5.41, 5.74) is 12.6. The Balaban J connectivity index is 0.967. The van der Waals surface area contributed by atoms with Gasteiger partial charge in [-0.3, -0.25) is 0 Å². The molecule has 0 amide bonds. The first-order chi connectivity index (χ1) is 29.7. The van der Waals surface area contributed by atoms with Crippen LogP contribution in [0, 0.1) is 0 Å². The van der Waals surface area contributed by atoms with Crippen LogP contribution in [-0.2, 0) is 0 Å². The maximum absolute atomic E-state index is 5.50. The number of fused-ring (bicyclic) bond motifs is 8. The topological polar surface area (TPSA) is 38.7 Å². The van der Waals surface area contributed by atoms with Crippen molar-refractivity contribution in [1.82, 2.24) is 15.0 Å². The fourth-order valence-corrected chi connectivity index (χ4v) is 11.1. The maximum atomic E-state index is 5.50. The van der Waals surface area contributed by atoms with Crippen LogP contribution < -0.4 is 0 Å². The summed E-state index contributed by atoms with van der Waals surface area (Å²) in [7, 11) is 0. The molecule has 0 fully saturated rings. The molecule has 0 aliphatic heterocycles. The Hall–Kier alpha value is -7.31. The number of rotatable bonds is 6. The summed E-state index contributed by atoms with van der Waals surface area (Å²) in [4.78, 5) is 15.8. The number of benzene rings is 8. The number of hydrogen-bond donors (Lipinski definition) is 0. The van der Waals surface area contributed by atoms with Gasteiger partial charge < -0.3 is 0 Å². The minimum absolute atomic E-state index is 0.697. The first-order valence-corrected chi connectivity index (χ1v) is 21.7. The van der Waals surface area contributed by atoms with E-state index in [-0.39, 0.29) is 0 Å². The Morgan fingerprint density at radius 2 is 0.817 bits per heavy atom. The second kappa shape index (κ2) is 14.2. The van der Waals surface area contributed by atoms with Crippen molar-refractivity contribution in [3.8, 4) is 67.4 Å². The van der Waals surface area contributed by atoms with Crippen molar-refractivity contribution in [1.29, 1.82) is 0 Å². The molecule has 0 unspecified atom stereocenters. The molecular weight excluding hydrogens is 767 g/mol. The molecule has 4 aromatic heterocycles. The number of thiophene rings is 2. The Bertz CT molecular complexity index is 3570. The molecule has 0 bridgehead atoms. The van der Waals surface area contributed by atoms with E-state index in [2.05, 4.69) is 182 Å². The van der Waals surface area contributed by atoms with E-state index in [0.717, 1.165) is 56.0 Å². The highest BCUT2D eigenvalue weighted by molar-refractivity contribution is 7.26. The van der Waals surface area contributed by atoms with Gasteiger partial charge in [0.25, 0.3) is 0 Å². The molecule has 0 aliphatic rings. The first-order valence-electron chi connectivity index (χ1n) is 20.1. The van der Waals surface area contributed by atoms with E-state index in [9.17, 15) is 0 Å². The van der Waals surface area contributed by atoms with E-state index >= 15 is 0 Å². The summed E-state index contributed by atoms with van der Waals surface area (Å²) in [6.45, 7) is 0. The van der Waals surface area contributed by atoms with Crippen molar-refractivity contribution in [3.05, 3.63) is 200 Å². The summed E-state index contributed by atoms with van der Waals surface area (Å²) < 4.78 is 5.08. The van der Waals surface area contributed by atoms with Crippen LogP contribution >= 0.6 is 22.7 Å². The van der Waals surface area contributed by atoms with Crippen LogP contribution in [0.2, 0.25) is 0 Å². The van der Waals surface area contributed by atoms with Crippen LogP contribution in [0.25, 0.3) is 119 Å². The normalized spacial score (nSPS) is 11.7. The van der Waals surface area contributed by atoms with Crippen LogP contribution in [0.1, 0.15) is 0 Å². The van der Waals surface area contributed by atoms with Gasteiger partial charge in [0.2, 0.25) is 0 Å². The van der Waals surface area contributed by atoms with Gasteiger partial charge in [0.05, 0.1) is 27.3 Å². The standard InChI is InChI=1S/C55H33N3S2/c1-3-13-34(14-4-1)40-19-11-22-45-50-44-18-8-10-24-49(44)60-54(50)51(58-52(40)45)38-31-29-37(30-32-38)47-33-46(56-55(57-47)39-15-5-2-6-16-39)36-27-25-35(26-28-36)41-20-12-21-43-42-17-7-9-23-48(42)59-53(41)43/h1-33H. The highest BCUT2D eigenvalue weighted by atomic mass is 32.1. The molecule has 8 aromatic carbocycles. The fourth-order valence-electron chi connectivity index (χ4n) is 8.61. The van der Waals surface area contributed by atoms with E-state index in [4.69, 9.17) is 15.0 Å². The van der Waals surface area contributed by atoms with Crippen LogP contribution in [0.15, 0.2) is 200 Å². The van der Waals surface area contributed by atoms with Gasteiger partial charge in [-0.15, -0.1) is 22.7 Å². The van der Waals surface area contributed by atoms with Crippen LogP contribution in [0.3, 0.4) is 0 Å². The minimum atomic E-state index is 0.697. The lowest BCUT2D eigenvalue weighted by molar-refractivity contribution is 1.18. The molecular formula is C55H33N3S2. The quantitative estimate of drug-likeness (QED) is 0.168. The Morgan fingerprint density at radius 1 is 0.317 bits per heavy atom. The van der Waals surface area contributed by atoms with E-state index < -0.39 is 0 Å². The zero-order valence-corrected chi connectivity index (χ0v) is 33.8. The largest absolute Gasteiger partial charge is 0.246 e. The Labute approximate surface area is 354 Å². The van der Waals surface area contributed by atoms with Crippen LogP contribution in [-0.4, -0.2) is 15.0 Å². The maximum Gasteiger partial charge on any atom is 0.160 e. The zero-order chi connectivity index (χ0) is 39.6. The molecule has 3 nitrogen and oxygen atoms in total. The highest BCUT2D eigenvalue weighted by Gasteiger charge is 2.19. The molecule has 0 saturated heterocycles.